The summed E-state index contributed by atoms with van der Waals surface area (Å²) < 4.78 is 19.8. The fourth-order valence-electron chi connectivity index (χ4n) is 1.27. The van der Waals surface area contributed by atoms with Crippen LogP contribution >= 0.6 is 0 Å². The first-order valence-electron chi connectivity index (χ1n) is 7.16. The summed E-state index contributed by atoms with van der Waals surface area (Å²) in [6, 6.07) is 0. The molecular weight excluding hydrogens is 340 g/mol. The molecule has 10 nitrogen and oxygen atoms in total. The first kappa shape index (κ1) is 22.3. The third-order valence-corrected chi connectivity index (χ3v) is 2.28. The normalized spacial score (nSPS) is 12.2. The molecule has 0 heterocycles. The zero-order valence-electron chi connectivity index (χ0n) is 13.6. The zero-order valence-corrected chi connectivity index (χ0v) is 13.6. The smallest absolute Gasteiger partial charge is 0.331 e. The van der Waals surface area contributed by atoms with Crippen molar-refractivity contribution in [1.29, 1.82) is 0 Å². The Bertz CT molecular complexity index is 508. The lowest BCUT2D eigenvalue weighted by molar-refractivity contribution is -0.142. The Labute approximate surface area is 143 Å². The summed E-state index contributed by atoms with van der Waals surface area (Å²) in [5.41, 5.74) is 0. The molecule has 0 radical (unpaired) electrons. The lowest BCUT2D eigenvalue weighted by Crippen LogP contribution is -2.21. The first-order valence-corrected chi connectivity index (χ1v) is 7.16. The van der Waals surface area contributed by atoms with Crippen LogP contribution in [0.3, 0.4) is 0 Å². The molecule has 0 amide bonds. The van der Waals surface area contributed by atoms with Crippen molar-refractivity contribution in [1.82, 2.24) is 0 Å². The van der Waals surface area contributed by atoms with E-state index in [2.05, 4.69) is 4.74 Å². The average molecular weight is 360 g/mol. The highest BCUT2D eigenvalue weighted by Gasteiger charge is 2.04. The molecule has 0 spiro atoms. The van der Waals surface area contributed by atoms with Gasteiger partial charge >= 0.3 is 23.9 Å². The molecule has 0 aromatic heterocycles. The van der Waals surface area contributed by atoms with Crippen LogP contribution in [0.25, 0.3) is 0 Å². The molecule has 0 aliphatic carbocycles. The average Bonchev–Trinajstić information content (AvgIpc) is 2.54. The molecule has 0 saturated heterocycles. The van der Waals surface area contributed by atoms with Crippen LogP contribution in [-0.4, -0.2) is 73.2 Å². The van der Waals surface area contributed by atoms with Crippen LogP contribution in [0.5, 0.6) is 0 Å². The molecule has 1 atom stereocenters. The first-order chi connectivity index (χ1) is 11.8. The van der Waals surface area contributed by atoms with Gasteiger partial charge in [0.25, 0.3) is 0 Å². The van der Waals surface area contributed by atoms with Crippen molar-refractivity contribution >= 4 is 23.9 Å². The molecular formula is C15H20O10. The highest BCUT2D eigenvalue weighted by Crippen LogP contribution is 1.93. The van der Waals surface area contributed by atoms with Crippen LogP contribution in [0.2, 0.25) is 0 Å². The van der Waals surface area contributed by atoms with Crippen molar-refractivity contribution in [3.8, 4) is 0 Å². The number of carbonyl (C=O) groups is 4. The maximum atomic E-state index is 11.0. The minimum Gasteiger partial charge on any atom is -0.478 e. The lowest BCUT2D eigenvalue weighted by Gasteiger charge is -2.13. The number of esters is 2. The van der Waals surface area contributed by atoms with Gasteiger partial charge in [-0.05, 0) is 6.92 Å². The Balaban J connectivity index is 3.60. The van der Waals surface area contributed by atoms with E-state index in [1.807, 2.05) is 0 Å². The molecule has 140 valence electrons. The second-order valence-corrected chi connectivity index (χ2v) is 4.43. The van der Waals surface area contributed by atoms with Crippen molar-refractivity contribution in [3.63, 3.8) is 0 Å². The molecule has 0 aliphatic heterocycles. The van der Waals surface area contributed by atoms with E-state index in [-0.39, 0.29) is 39.1 Å². The van der Waals surface area contributed by atoms with E-state index < -0.39 is 23.9 Å². The molecule has 25 heavy (non-hydrogen) atoms. The fourth-order valence-corrected chi connectivity index (χ4v) is 1.27. The maximum Gasteiger partial charge on any atom is 0.331 e. The quantitative estimate of drug-likeness (QED) is 0.257. The summed E-state index contributed by atoms with van der Waals surface area (Å²) in [5, 5.41) is 16.6. The number of hydrogen-bond acceptors (Lipinski definition) is 8. The predicted molar refractivity (Wildman–Crippen MR) is 81.7 cm³/mol. The Hall–Kier alpha value is -2.72. The number of ether oxygens (including phenoxy) is 4. The topological polar surface area (TPSA) is 146 Å². The molecule has 1 unspecified atom stereocenters. The molecule has 0 bridgehead atoms. The summed E-state index contributed by atoms with van der Waals surface area (Å²) in [4.78, 5) is 42.4. The number of rotatable bonds is 13. The molecule has 0 aliphatic rings. The molecule has 0 rings (SSSR count). The minimum absolute atomic E-state index is 0.0387. The number of hydrogen-bond donors (Lipinski definition) is 2. The van der Waals surface area contributed by atoms with Gasteiger partial charge in [0.2, 0.25) is 0 Å². The predicted octanol–water partition coefficient (Wildman–Crippen LogP) is -0.224. The van der Waals surface area contributed by atoms with Crippen LogP contribution in [-0.2, 0) is 38.1 Å². The largest absolute Gasteiger partial charge is 0.478 e. The van der Waals surface area contributed by atoms with Crippen molar-refractivity contribution in [2.75, 3.05) is 33.0 Å². The third kappa shape index (κ3) is 15.9. The maximum absolute atomic E-state index is 11.0. The van der Waals surface area contributed by atoms with Gasteiger partial charge in [-0.1, -0.05) is 0 Å². The molecule has 0 aromatic rings. The summed E-state index contributed by atoms with van der Waals surface area (Å²) in [6.45, 7) is 2.05. The van der Waals surface area contributed by atoms with E-state index >= 15 is 0 Å². The van der Waals surface area contributed by atoms with E-state index in [4.69, 9.17) is 24.4 Å². The summed E-state index contributed by atoms with van der Waals surface area (Å²) in [5.74, 6) is -4.06. The summed E-state index contributed by atoms with van der Waals surface area (Å²) in [7, 11) is 0. The number of carboxylic acids is 2. The van der Waals surface area contributed by atoms with Gasteiger partial charge in [-0.2, -0.15) is 0 Å². The molecule has 2 N–H and O–H groups in total. The molecule has 0 fully saturated rings. The van der Waals surface area contributed by atoms with Crippen molar-refractivity contribution < 1.29 is 48.3 Å². The van der Waals surface area contributed by atoms with E-state index in [9.17, 15) is 19.2 Å². The van der Waals surface area contributed by atoms with Gasteiger partial charge in [-0.25, -0.2) is 19.2 Å². The molecule has 0 saturated carbocycles. The standard InChI is InChI=1S/C15H20O10/c1-11(23-8-9-25-15(21)5-3-13(18)19)10-22-6-7-24-14(20)4-2-12(16)17/h2-5,11H,6-10H2,1H3,(H,16,17)(H,18,19). The lowest BCUT2D eigenvalue weighted by atomic mass is 10.4. The molecule has 0 aromatic carbocycles. The zero-order chi connectivity index (χ0) is 19.1. The Morgan fingerprint density at radius 1 is 0.800 bits per heavy atom. The van der Waals surface area contributed by atoms with Crippen molar-refractivity contribution in [3.05, 3.63) is 24.3 Å². The van der Waals surface area contributed by atoms with Crippen molar-refractivity contribution in [2.24, 2.45) is 0 Å². The fraction of sp³-hybridized carbons (Fsp3) is 0.467. The van der Waals surface area contributed by atoms with Gasteiger partial charge in [0.15, 0.2) is 0 Å². The van der Waals surface area contributed by atoms with Crippen LogP contribution in [0.15, 0.2) is 24.3 Å². The second kappa shape index (κ2) is 13.7. The van der Waals surface area contributed by atoms with Gasteiger partial charge in [-0.15, -0.1) is 0 Å². The van der Waals surface area contributed by atoms with E-state index in [1.165, 1.54) is 0 Å². The Kier molecular flexibility index (Phi) is 12.2. The number of aliphatic carboxylic acids is 2. The van der Waals surface area contributed by atoms with Crippen LogP contribution < -0.4 is 0 Å². The van der Waals surface area contributed by atoms with E-state index in [0.717, 1.165) is 12.2 Å². The highest BCUT2D eigenvalue weighted by molar-refractivity contribution is 5.91. The van der Waals surface area contributed by atoms with Gasteiger partial charge < -0.3 is 29.2 Å². The van der Waals surface area contributed by atoms with Crippen LogP contribution in [0.1, 0.15) is 6.92 Å². The minimum atomic E-state index is -1.25. The van der Waals surface area contributed by atoms with Gasteiger partial charge in [-0.3, -0.25) is 0 Å². The summed E-state index contributed by atoms with van der Waals surface area (Å²) in [6.07, 6.45) is 2.62. The van der Waals surface area contributed by atoms with Crippen LogP contribution in [0.4, 0.5) is 0 Å². The summed E-state index contributed by atoms with van der Waals surface area (Å²) >= 11 is 0. The number of carboxylic acid groups (broad SMARTS) is 2. The molecule has 10 heteroatoms. The third-order valence-electron chi connectivity index (χ3n) is 2.28. The van der Waals surface area contributed by atoms with Crippen LogP contribution in [0, 0.1) is 0 Å². The number of carbonyl (C=O) groups excluding carboxylic acids is 2. The van der Waals surface area contributed by atoms with Gasteiger partial charge in [0.05, 0.1) is 25.9 Å². The van der Waals surface area contributed by atoms with Gasteiger partial charge in [0.1, 0.15) is 13.2 Å². The van der Waals surface area contributed by atoms with Crippen molar-refractivity contribution in [2.45, 2.75) is 13.0 Å². The van der Waals surface area contributed by atoms with E-state index in [1.54, 1.807) is 6.92 Å². The van der Waals surface area contributed by atoms with Gasteiger partial charge in [0, 0.05) is 24.3 Å². The monoisotopic (exact) mass is 360 g/mol. The second-order valence-electron chi connectivity index (χ2n) is 4.43. The Morgan fingerprint density at radius 3 is 1.76 bits per heavy atom. The SMILES string of the molecule is CC(COCCOC(=O)C=CC(=O)O)OCCOC(=O)C=CC(=O)O. The highest BCUT2D eigenvalue weighted by atomic mass is 16.6. The van der Waals surface area contributed by atoms with E-state index in [0.29, 0.717) is 12.2 Å². The Morgan fingerprint density at radius 2 is 1.28 bits per heavy atom.